The zero-order valence-corrected chi connectivity index (χ0v) is 10.2. The lowest BCUT2D eigenvalue weighted by atomic mass is 10.2. The first-order valence-corrected chi connectivity index (χ1v) is 5.60. The molecule has 1 atom stereocenters. The van der Waals surface area contributed by atoms with Gasteiger partial charge < -0.3 is 5.32 Å². The van der Waals surface area contributed by atoms with Gasteiger partial charge in [-0.25, -0.2) is 4.39 Å². The second-order valence-electron chi connectivity index (χ2n) is 3.19. The average Bonchev–Trinajstić information content (AvgIpc) is 2.01. The van der Waals surface area contributed by atoms with E-state index in [2.05, 4.69) is 21.2 Å². The van der Waals surface area contributed by atoms with Crippen molar-refractivity contribution in [1.82, 2.24) is 5.32 Å². The molecule has 1 aromatic rings. The van der Waals surface area contributed by atoms with Crippen molar-refractivity contribution in [2.24, 2.45) is 0 Å². The Morgan fingerprint density at radius 3 is 2.79 bits per heavy atom. The van der Waals surface area contributed by atoms with E-state index in [0.29, 0.717) is 6.54 Å². The minimum atomic E-state index is -0.227. The van der Waals surface area contributed by atoms with Crippen LogP contribution in [0.25, 0.3) is 0 Å². The minimum Gasteiger partial charge on any atom is -0.311 e. The van der Waals surface area contributed by atoms with E-state index >= 15 is 0 Å². The second-order valence-corrected chi connectivity index (χ2v) is 4.85. The summed E-state index contributed by atoms with van der Waals surface area (Å²) >= 11 is 9.00. The summed E-state index contributed by atoms with van der Waals surface area (Å²) in [6.07, 6.45) is 0. The normalized spacial score (nSPS) is 12.9. The van der Waals surface area contributed by atoms with Crippen molar-refractivity contribution in [2.45, 2.75) is 18.8 Å². The molecular formula is C10H12BrClFN. The van der Waals surface area contributed by atoms with Crippen molar-refractivity contribution >= 4 is 27.5 Å². The molecule has 0 aliphatic heterocycles. The Morgan fingerprint density at radius 2 is 2.21 bits per heavy atom. The van der Waals surface area contributed by atoms with Crippen LogP contribution in [0.1, 0.15) is 12.5 Å². The van der Waals surface area contributed by atoms with Crippen molar-refractivity contribution in [2.75, 3.05) is 6.54 Å². The van der Waals surface area contributed by atoms with Crippen molar-refractivity contribution < 1.29 is 4.39 Å². The molecule has 0 spiro atoms. The Bertz CT molecular complexity index is 284. The van der Waals surface area contributed by atoms with Crippen LogP contribution < -0.4 is 5.32 Å². The lowest BCUT2D eigenvalue weighted by molar-refractivity contribution is 0.618. The SMILES string of the molecule is CC(Cl)CNCc1cc(F)cc(Br)c1. The predicted octanol–water partition coefficient (Wildman–Crippen LogP) is 3.31. The Hall–Kier alpha value is -0.120. The van der Waals surface area contributed by atoms with Gasteiger partial charge in [0.2, 0.25) is 0 Å². The fourth-order valence-corrected chi connectivity index (χ4v) is 1.75. The first kappa shape index (κ1) is 12.0. The molecule has 1 rings (SSSR count). The number of rotatable bonds is 4. The van der Waals surface area contributed by atoms with Gasteiger partial charge in [0.05, 0.1) is 0 Å². The van der Waals surface area contributed by atoms with Gasteiger partial charge in [-0.1, -0.05) is 15.9 Å². The molecule has 0 amide bonds. The summed E-state index contributed by atoms with van der Waals surface area (Å²) in [5, 5.41) is 3.23. The summed E-state index contributed by atoms with van der Waals surface area (Å²) in [4.78, 5) is 0. The number of nitrogens with one attached hydrogen (secondary N) is 1. The summed E-state index contributed by atoms with van der Waals surface area (Å²) in [5.41, 5.74) is 0.911. The molecule has 1 aromatic carbocycles. The monoisotopic (exact) mass is 279 g/mol. The van der Waals surface area contributed by atoms with Crippen LogP contribution >= 0.6 is 27.5 Å². The third-order valence-electron chi connectivity index (χ3n) is 1.68. The highest BCUT2D eigenvalue weighted by Gasteiger charge is 2.00. The van der Waals surface area contributed by atoms with Gasteiger partial charge in [0.1, 0.15) is 5.82 Å². The molecule has 0 saturated heterocycles. The fourth-order valence-electron chi connectivity index (χ4n) is 1.13. The van der Waals surface area contributed by atoms with Crippen LogP contribution in [0.3, 0.4) is 0 Å². The Kier molecular flexibility index (Phi) is 4.85. The molecule has 0 bridgehead atoms. The van der Waals surface area contributed by atoms with Gasteiger partial charge in [-0.3, -0.25) is 0 Å². The quantitative estimate of drug-likeness (QED) is 0.835. The number of hydrogen-bond donors (Lipinski definition) is 1. The Morgan fingerprint density at radius 1 is 1.50 bits per heavy atom. The second kappa shape index (κ2) is 5.69. The van der Waals surface area contributed by atoms with E-state index in [9.17, 15) is 4.39 Å². The summed E-state index contributed by atoms with van der Waals surface area (Å²) < 4.78 is 13.7. The third kappa shape index (κ3) is 4.40. The van der Waals surface area contributed by atoms with E-state index in [1.165, 1.54) is 12.1 Å². The molecule has 14 heavy (non-hydrogen) atoms. The predicted molar refractivity (Wildman–Crippen MR) is 61.1 cm³/mol. The van der Waals surface area contributed by atoms with Gasteiger partial charge in [-0.2, -0.15) is 0 Å². The van der Waals surface area contributed by atoms with Gasteiger partial charge in [-0.05, 0) is 30.7 Å². The standard InChI is InChI=1S/C10H12BrClFN/c1-7(12)5-14-6-8-2-9(11)4-10(13)3-8/h2-4,7,14H,5-6H2,1H3. The van der Waals surface area contributed by atoms with E-state index in [-0.39, 0.29) is 11.2 Å². The summed E-state index contributed by atoms with van der Waals surface area (Å²) in [6.45, 7) is 3.26. The molecule has 0 saturated carbocycles. The maximum absolute atomic E-state index is 12.9. The molecular weight excluding hydrogens is 268 g/mol. The van der Waals surface area contributed by atoms with Crippen molar-refractivity contribution in [3.63, 3.8) is 0 Å². The van der Waals surface area contributed by atoms with E-state index in [0.717, 1.165) is 16.6 Å². The first-order chi connectivity index (χ1) is 6.58. The molecule has 0 aliphatic rings. The van der Waals surface area contributed by atoms with Crippen LogP contribution in [0.2, 0.25) is 0 Å². The maximum Gasteiger partial charge on any atom is 0.124 e. The lowest BCUT2D eigenvalue weighted by Gasteiger charge is -2.06. The Balaban J connectivity index is 2.50. The highest BCUT2D eigenvalue weighted by atomic mass is 79.9. The highest BCUT2D eigenvalue weighted by molar-refractivity contribution is 9.10. The molecule has 78 valence electrons. The molecule has 1 N–H and O–H groups in total. The molecule has 0 aliphatic carbocycles. The Labute approximate surface area is 96.8 Å². The molecule has 1 unspecified atom stereocenters. The van der Waals surface area contributed by atoms with Crippen molar-refractivity contribution in [1.29, 1.82) is 0 Å². The van der Waals surface area contributed by atoms with E-state index in [1.807, 2.05) is 13.0 Å². The van der Waals surface area contributed by atoms with Crippen LogP contribution in [-0.2, 0) is 6.54 Å². The van der Waals surface area contributed by atoms with E-state index in [4.69, 9.17) is 11.6 Å². The van der Waals surface area contributed by atoms with Gasteiger partial charge in [0, 0.05) is 22.9 Å². The minimum absolute atomic E-state index is 0.0898. The lowest BCUT2D eigenvalue weighted by Crippen LogP contribution is -2.20. The summed E-state index contributed by atoms with van der Waals surface area (Å²) in [5.74, 6) is -0.227. The average molecular weight is 281 g/mol. The molecule has 0 fully saturated rings. The van der Waals surface area contributed by atoms with Gasteiger partial charge >= 0.3 is 0 Å². The van der Waals surface area contributed by atoms with Crippen LogP contribution in [0, 0.1) is 5.82 Å². The van der Waals surface area contributed by atoms with Crippen molar-refractivity contribution in [3.05, 3.63) is 34.1 Å². The molecule has 0 heterocycles. The maximum atomic E-state index is 12.9. The van der Waals surface area contributed by atoms with Crippen LogP contribution in [0.5, 0.6) is 0 Å². The van der Waals surface area contributed by atoms with Gasteiger partial charge in [-0.15, -0.1) is 11.6 Å². The topological polar surface area (TPSA) is 12.0 Å². The first-order valence-electron chi connectivity index (χ1n) is 4.37. The fraction of sp³-hybridized carbons (Fsp3) is 0.400. The zero-order chi connectivity index (χ0) is 10.6. The van der Waals surface area contributed by atoms with Gasteiger partial charge in [0.15, 0.2) is 0 Å². The number of hydrogen-bond acceptors (Lipinski definition) is 1. The van der Waals surface area contributed by atoms with Gasteiger partial charge in [0.25, 0.3) is 0 Å². The number of halogens is 3. The summed E-state index contributed by atoms with van der Waals surface area (Å²) in [7, 11) is 0. The largest absolute Gasteiger partial charge is 0.311 e. The van der Waals surface area contributed by atoms with Crippen LogP contribution in [-0.4, -0.2) is 11.9 Å². The van der Waals surface area contributed by atoms with E-state index < -0.39 is 0 Å². The summed E-state index contributed by atoms with van der Waals surface area (Å²) in [6, 6.07) is 4.83. The number of alkyl halides is 1. The smallest absolute Gasteiger partial charge is 0.124 e. The van der Waals surface area contributed by atoms with Crippen LogP contribution in [0.4, 0.5) is 4.39 Å². The number of benzene rings is 1. The molecule has 1 nitrogen and oxygen atoms in total. The third-order valence-corrected chi connectivity index (χ3v) is 2.29. The van der Waals surface area contributed by atoms with Crippen molar-refractivity contribution in [3.8, 4) is 0 Å². The van der Waals surface area contributed by atoms with Crippen LogP contribution in [0.15, 0.2) is 22.7 Å². The van der Waals surface area contributed by atoms with E-state index in [1.54, 1.807) is 0 Å². The zero-order valence-electron chi connectivity index (χ0n) is 7.86. The molecule has 0 aromatic heterocycles. The molecule has 4 heteroatoms. The molecule has 0 radical (unpaired) electrons. The highest BCUT2D eigenvalue weighted by Crippen LogP contribution is 2.14.